The van der Waals surface area contributed by atoms with Gasteiger partial charge in [0.1, 0.15) is 17.4 Å². The van der Waals surface area contributed by atoms with Gasteiger partial charge in [-0.3, -0.25) is 0 Å². The van der Waals surface area contributed by atoms with Gasteiger partial charge in [-0.1, -0.05) is 0 Å². The maximum atomic E-state index is 0. The molecule has 0 amide bonds. The van der Waals surface area contributed by atoms with Gasteiger partial charge in [0.15, 0.2) is 0 Å². The standard InChI is InChI=1S/Al.Fe.Mg.Mn.4H/q;;+2;;;;2*-1. The Morgan fingerprint density at radius 1 is 1.25 bits per heavy atom. The zero-order valence-electron chi connectivity index (χ0n) is 4.44. The third-order valence-corrected chi connectivity index (χ3v) is 0. The van der Waals surface area contributed by atoms with E-state index in [1.807, 2.05) is 0 Å². The summed E-state index contributed by atoms with van der Waals surface area (Å²) in [4.78, 5) is 0. The molecule has 0 heterocycles. The Hall–Kier alpha value is 2.34. The average Bonchev–Trinajstić information content (AvgIpc) is 0. The first kappa shape index (κ1) is 33.0. The van der Waals surface area contributed by atoms with E-state index in [2.05, 4.69) is 0 Å². The second-order valence-corrected chi connectivity index (χ2v) is 0. The van der Waals surface area contributed by atoms with Gasteiger partial charge >= 0.3 is 23.1 Å². The van der Waals surface area contributed by atoms with Gasteiger partial charge in [0.2, 0.25) is 0 Å². The first-order valence-electron chi connectivity index (χ1n) is 0. The number of hydrogen-bond acceptors (Lipinski definition) is 0. The van der Waals surface area contributed by atoms with Crippen LogP contribution in [-0.2, 0) is 34.1 Å². The molecule has 0 aliphatic heterocycles. The minimum atomic E-state index is 0. The van der Waals surface area contributed by atoms with Crippen LogP contribution in [0.5, 0.6) is 0 Å². The zero-order valence-corrected chi connectivity index (χ0v) is 8.14. The smallest absolute Gasteiger partial charge is 1.00 e. The van der Waals surface area contributed by atoms with E-state index < -0.39 is 0 Å². The molecule has 0 saturated carbocycles. The summed E-state index contributed by atoms with van der Waals surface area (Å²) in [5, 5.41) is 0. The molecule has 4 heteroatoms. The average molecular weight is 166 g/mol. The Kier molecular flexibility index (Phi) is 152. The molecule has 0 unspecified atom stereocenters. The predicted molar refractivity (Wildman–Crippen MR) is 16.5 cm³/mol. The van der Waals surface area contributed by atoms with Crippen molar-refractivity contribution < 1.29 is 37.0 Å². The number of hydrogen-bond donors (Lipinski definition) is 0. The van der Waals surface area contributed by atoms with E-state index >= 15 is 0 Å². The normalized spacial score (nSPS) is 0. The van der Waals surface area contributed by atoms with Crippen LogP contribution in [0.25, 0.3) is 0 Å². The van der Waals surface area contributed by atoms with Crippen molar-refractivity contribution in [3.05, 3.63) is 0 Å². The van der Waals surface area contributed by atoms with Crippen LogP contribution < -0.4 is 0 Å². The molecule has 0 aromatic heterocycles. The summed E-state index contributed by atoms with van der Waals surface area (Å²) in [6.45, 7) is 0. The molecule has 0 aromatic carbocycles. The summed E-state index contributed by atoms with van der Waals surface area (Å²) in [7, 11) is 0. The van der Waals surface area contributed by atoms with Crippen molar-refractivity contribution in [3.63, 3.8) is 0 Å². The Morgan fingerprint density at radius 2 is 1.25 bits per heavy atom. The van der Waals surface area contributed by atoms with Crippen LogP contribution in [0, 0.1) is 0 Å². The molecule has 0 fully saturated rings. The maximum absolute atomic E-state index is 0. The Morgan fingerprint density at radius 3 is 1.25 bits per heavy atom. The van der Waals surface area contributed by atoms with Gasteiger partial charge in [-0.05, 0) is 0 Å². The summed E-state index contributed by atoms with van der Waals surface area (Å²) in [5.41, 5.74) is 0. The van der Waals surface area contributed by atoms with Crippen molar-refractivity contribution in [3.8, 4) is 0 Å². The van der Waals surface area contributed by atoms with Crippen LogP contribution in [0.2, 0.25) is 0 Å². The first-order chi connectivity index (χ1) is 0. The summed E-state index contributed by atoms with van der Waals surface area (Å²) < 4.78 is 0. The van der Waals surface area contributed by atoms with E-state index in [1.54, 1.807) is 0 Å². The summed E-state index contributed by atoms with van der Waals surface area (Å²) in [5.74, 6) is 0. The minimum Gasteiger partial charge on any atom is -1.00 e. The Bertz CT molecular complexity index is 13.5. The largest absolute Gasteiger partial charge is 2.00 e. The van der Waals surface area contributed by atoms with E-state index in [-0.39, 0.29) is 77.4 Å². The Balaban J connectivity index is 0. The molecule has 0 spiro atoms. The van der Waals surface area contributed by atoms with Crippen LogP contribution in [0.15, 0.2) is 0 Å². The molecule has 0 aromatic rings. The van der Waals surface area contributed by atoms with Gasteiger partial charge in [0.05, 0.1) is 0 Å². The molecule has 24 valence electrons. The second kappa shape index (κ2) is 18.4. The van der Waals surface area contributed by atoms with Crippen molar-refractivity contribution >= 4 is 40.4 Å². The zero-order chi connectivity index (χ0) is 0. The molecule has 0 bridgehead atoms. The predicted octanol–water partition coefficient (Wildman–Crippen LogP) is -1.08. The molecular weight excluding hydrogens is 162 g/mol. The van der Waals surface area contributed by atoms with Crippen molar-refractivity contribution in [2.24, 2.45) is 0 Å². The molecule has 2 radical (unpaired) electrons. The van der Waals surface area contributed by atoms with Gasteiger partial charge < -0.3 is 2.85 Å². The van der Waals surface area contributed by atoms with Crippen LogP contribution in [-0.4, -0.2) is 40.4 Å². The van der Waals surface area contributed by atoms with E-state index in [4.69, 9.17) is 0 Å². The van der Waals surface area contributed by atoms with Crippen LogP contribution in [0.3, 0.4) is 0 Å². The monoisotopic (exact) mass is 166 g/mol. The van der Waals surface area contributed by atoms with Gasteiger partial charge in [0.25, 0.3) is 0 Å². The van der Waals surface area contributed by atoms with Gasteiger partial charge in [-0.15, -0.1) is 0 Å². The Labute approximate surface area is 76.7 Å². The van der Waals surface area contributed by atoms with Gasteiger partial charge in [-0.2, -0.15) is 0 Å². The first-order valence-corrected chi connectivity index (χ1v) is 0. The molecule has 0 rings (SSSR count). The molecule has 0 atom stereocenters. The van der Waals surface area contributed by atoms with Crippen LogP contribution in [0.4, 0.5) is 0 Å². The molecule has 4 heavy (non-hydrogen) atoms. The van der Waals surface area contributed by atoms with Gasteiger partial charge in [0, 0.05) is 34.1 Å². The maximum Gasteiger partial charge on any atom is 2.00 e. The SMILES string of the molecule is [AlH2].[Fe].[H-].[H-].[Mg+2].[Mn]. The third-order valence-electron chi connectivity index (χ3n) is 0. The van der Waals surface area contributed by atoms with E-state index in [1.165, 1.54) is 0 Å². The van der Waals surface area contributed by atoms with Gasteiger partial charge in [-0.25, -0.2) is 0 Å². The fourth-order valence-corrected chi connectivity index (χ4v) is 0. The number of rotatable bonds is 0. The molecule has 0 saturated heterocycles. The van der Waals surface area contributed by atoms with Crippen LogP contribution >= 0.6 is 0 Å². The molecule has 0 aliphatic carbocycles. The van der Waals surface area contributed by atoms with Crippen molar-refractivity contribution in [2.75, 3.05) is 0 Å². The summed E-state index contributed by atoms with van der Waals surface area (Å²) in [6.07, 6.45) is 0. The van der Waals surface area contributed by atoms with E-state index in [0.29, 0.717) is 0 Å². The topological polar surface area (TPSA) is 0 Å². The fourth-order valence-electron chi connectivity index (χ4n) is 0. The molecule has 0 nitrogen and oxygen atoms in total. The van der Waals surface area contributed by atoms with Crippen molar-refractivity contribution in [2.45, 2.75) is 0 Å². The quantitative estimate of drug-likeness (QED) is 0.402. The van der Waals surface area contributed by atoms with Crippen molar-refractivity contribution in [1.29, 1.82) is 0 Å². The van der Waals surface area contributed by atoms with Crippen molar-refractivity contribution in [1.82, 2.24) is 0 Å². The molecule has 0 N–H and O–H groups in total. The van der Waals surface area contributed by atoms with Crippen LogP contribution in [0.1, 0.15) is 2.85 Å². The molecular formula is H4AlFeMgMn. The summed E-state index contributed by atoms with van der Waals surface area (Å²) in [6, 6.07) is 0. The molecule has 0 aliphatic rings. The third kappa shape index (κ3) is 8.84. The summed E-state index contributed by atoms with van der Waals surface area (Å²) >= 11 is 0. The fraction of sp³-hybridized carbons (Fsp3) is 0. The second-order valence-electron chi connectivity index (χ2n) is 0. The van der Waals surface area contributed by atoms with E-state index in [9.17, 15) is 0 Å². The van der Waals surface area contributed by atoms with E-state index in [0.717, 1.165) is 0 Å². The minimum absolute atomic E-state index is 0.